The number of hydrogen-bond acceptors (Lipinski definition) is 3. The van der Waals surface area contributed by atoms with Crippen LogP contribution in [0.3, 0.4) is 0 Å². The standard InChI is InChI=1S/C18H14F3NO3S/c19-18(20,21)14-6-4-5-13(11-14)17(23)22(15-7-2-1-3-8-15)16-9-10-26(24,25)12-16/h1-11,16H,12H2/t16-/m1/s1. The summed E-state index contributed by atoms with van der Waals surface area (Å²) >= 11 is 0. The maximum Gasteiger partial charge on any atom is 0.416 e. The Morgan fingerprint density at radius 2 is 1.73 bits per heavy atom. The number of hydrogen-bond donors (Lipinski definition) is 0. The maximum atomic E-state index is 13.0. The van der Waals surface area contributed by atoms with Gasteiger partial charge in [0, 0.05) is 16.7 Å². The molecule has 0 spiro atoms. The Morgan fingerprint density at radius 3 is 2.31 bits per heavy atom. The van der Waals surface area contributed by atoms with E-state index in [9.17, 15) is 26.4 Å². The highest BCUT2D eigenvalue weighted by Gasteiger charge is 2.34. The molecular weight excluding hydrogens is 367 g/mol. The minimum Gasteiger partial charge on any atom is -0.300 e. The number of amides is 1. The first-order chi connectivity index (χ1) is 12.2. The summed E-state index contributed by atoms with van der Waals surface area (Å²) in [4.78, 5) is 14.2. The summed E-state index contributed by atoms with van der Waals surface area (Å²) in [6.07, 6.45) is -3.21. The molecule has 0 saturated carbocycles. The highest BCUT2D eigenvalue weighted by atomic mass is 32.2. The Kier molecular flexibility index (Phi) is 4.62. The summed E-state index contributed by atoms with van der Waals surface area (Å²) in [5.41, 5.74) is -0.700. The van der Waals surface area contributed by atoms with Crippen LogP contribution in [0.15, 0.2) is 66.1 Å². The van der Waals surface area contributed by atoms with Gasteiger partial charge in [-0.05, 0) is 36.4 Å². The zero-order valence-electron chi connectivity index (χ0n) is 13.3. The highest BCUT2D eigenvalue weighted by molar-refractivity contribution is 7.94. The Labute approximate surface area is 148 Å². The lowest BCUT2D eigenvalue weighted by molar-refractivity contribution is -0.137. The summed E-state index contributed by atoms with van der Waals surface area (Å²) in [6, 6.07) is 11.5. The van der Waals surface area contributed by atoms with E-state index in [1.807, 2.05) is 0 Å². The van der Waals surface area contributed by atoms with Gasteiger partial charge in [0.2, 0.25) is 0 Å². The molecule has 0 N–H and O–H groups in total. The van der Waals surface area contributed by atoms with Crippen LogP contribution in [0, 0.1) is 0 Å². The Morgan fingerprint density at radius 1 is 1.04 bits per heavy atom. The second-order valence-corrected chi connectivity index (χ2v) is 7.75. The number of benzene rings is 2. The van der Waals surface area contributed by atoms with Gasteiger partial charge in [0.25, 0.3) is 5.91 Å². The van der Waals surface area contributed by atoms with Crippen molar-refractivity contribution in [1.82, 2.24) is 0 Å². The number of para-hydroxylation sites is 1. The third-order valence-corrected chi connectivity index (χ3v) is 5.31. The molecule has 0 aliphatic carbocycles. The molecule has 0 aromatic heterocycles. The number of halogens is 3. The lowest BCUT2D eigenvalue weighted by Crippen LogP contribution is -2.41. The molecule has 0 saturated heterocycles. The summed E-state index contributed by atoms with van der Waals surface area (Å²) in [5, 5.41) is 1.02. The lowest BCUT2D eigenvalue weighted by Gasteiger charge is -2.28. The van der Waals surface area contributed by atoms with E-state index in [4.69, 9.17) is 0 Å². The number of alkyl halides is 3. The van der Waals surface area contributed by atoms with E-state index in [2.05, 4.69) is 0 Å². The van der Waals surface area contributed by atoms with Crippen molar-refractivity contribution in [2.45, 2.75) is 12.2 Å². The lowest BCUT2D eigenvalue weighted by atomic mass is 10.1. The van der Waals surface area contributed by atoms with Crippen molar-refractivity contribution in [1.29, 1.82) is 0 Å². The summed E-state index contributed by atoms with van der Waals surface area (Å²) in [7, 11) is -3.45. The number of nitrogens with zero attached hydrogens (tertiary/aromatic N) is 1. The molecule has 0 radical (unpaired) electrons. The van der Waals surface area contributed by atoms with E-state index < -0.39 is 33.5 Å². The highest BCUT2D eigenvalue weighted by Crippen LogP contribution is 2.31. The fourth-order valence-corrected chi connectivity index (χ4v) is 4.00. The van der Waals surface area contributed by atoms with Gasteiger partial charge in [-0.25, -0.2) is 8.42 Å². The summed E-state index contributed by atoms with van der Waals surface area (Å²) in [6.45, 7) is 0. The first-order valence-corrected chi connectivity index (χ1v) is 9.36. The maximum absolute atomic E-state index is 13.0. The summed E-state index contributed by atoms with van der Waals surface area (Å²) < 4.78 is 62.3. The molecule has 0 bridgehead atoms. The van der Waals surface area contributed by atoms with Crippen molar-refractivity contribution >= 4 is 21.4 Å². The fourth-order valence-electron chi connectivity index (χ4n) is 2.74. The van der Waals surface area contributed by atoms with Crippen molar-refractivity contribution in [2.24, 2.45) is 0 Å². The quantitative estimate of drug-likeness (QED) is 0.815. The first-order valence-electron chi connectivity index (χ1n) is 7.64. The first kappa shape index (κ1) is 18.2. The second kappa shape index (κ2) is 6.60. The molecule has 3 rings (SSSR count). The van der Waals surface area contributed by atoms with Crippen molar-refractivity contribution in [3.63, 3.8) is 0 Å². The van der Waals surface area contributed by atoms with Gasteiger partial charge >= 0.3 is 6.18 Å². The van der Waals surface area contributed by atoms with Gasteiger partial charge in [-0.1, -0.05) is 24.3 Å². The third-order valence-electron chi connectivity index (χ3n) is 3.93. The third kappa shape index (κ3) is 3.80. The number of carbonyl (C=O) groups is 1. The minimum atomic E-state index is -4.58. The van der Waals surface area contributed by atoms with E-state index >= 15 is 0 Å². The predicted octanol–water partition coefficient (Wildman–Crippen LogP) is 3.66. The van der Waals surface area contributed by atoms with Gasteiger partial charge in [0.1, 0.15) is 0 Å². The molecule has 0 fully saturated rings. The van der Waals surface area contributed by atoms with Crippen molar-refractivity contribution in [3.05, 3.63) is 77.2 Å². The smallest absolute Gasteiger partial charge is 0.300 e. The minimum absolute atomic E-state index is 0.165. The molecule has 1 heterocycles. The van der Waals surface area contributed by atoms with E-state index in [1.54, 1.807) is 30.3 Å². The molecule has 1 aliphatic heterocycles. The van der Waals surface area contributed by atoms with Crippen LogP contribution in [-0.4, -0.2) is 26.1 Å². The van der Waals surface area contributed by atoms with E-state index in [-0.39, 0.29) is 11.3 Å². The molecular formula is C18H14F3NO3S. The van der Waals surface area contributed by atoms with E-state index in [1.165, 1.54) is 17.0 Å². The number of rotatable bonds is 3. The molecule has 1 aliphatic rings. The van der Waals surface area contributed by atoms with Crippen LogP contribution in [0.4, 0.5) is 18.9 Å². The number of carbonyl (C=O) groups excluding carboxylic acids is 1. The molecule has 2 aromatic carbocycles. The van der Waals surface area contributed by atoms with Crippen molar-refractivity contribution < 1.29 is 26.4 Å². The van der Waals surface area contributed by atoms with E-state index in [0.717, 1.165) is 23.6 Å². The molecule has 0 unspecified atom stereocenters. The average Bonchev–Trinajstić information content (AvgIpc) is 2.95. The van der Waals surface area contributed by atoms with E-state index in [0.29, 0.717) is 5.69 Å². The van der Waals surface area contributed by atoms with Crippen LogP contribution >= 0.6 is 0 Å². The Bertz CT molecular complexity index is 953. The largest absolute Gasteiger partial charge is 0.416 e. The van der Waals surface area contributed by atoms with Crippen LogP contribution in [0.2, 0.25) is 0 Å². The molecule has 136 valence electrons. The SMILES string of the molecule is O=C(c1cccc(C(F)(F)F)c1)N(c1ccccc1)[C@@H]1C=CS(=O)(=O)C1. The average molecular weight is 381 g/mol. The number of sulfone groups is 1. The van der Waals surface area contributed by atoms with Crippen LogP contribution in [0.1, 0.15) is 15.9 Å². The Balaban J connectivity index is 2.03. The van der Waals surface area contributed by atoms with Gasteiger partial charge in [0.15, 0.2) is 9.84 Å². The molecule has 26 heavy (non-hydrogen) atoms. The molecule has 1 atom stereocenters. The normalized spacial score (nSPS) is 18.7. The van der Waals surface area contributed by atoms with Crippen LogP contribution < -0.4 is 4.90 Å². The monoisotopic (exact) mass is 381 g/mol. The molecule has 2 aromatic rings. The fraction of sp³-hybridized carbons (Fsp3) is 0.167. The van der Waals surface area contributed by atoms with Gasteiger partial charge in [-0.3, -0.25) is 4.79 Å². The zero-order chi connectivity index (χ0) is 18.9. The molecule has 8 heteroatoms. The molecule has 1 amide bonds. The van der Waals surface area contributed by atoms with Crippen LogP contribution in [-0.2, 0) is 16.0 Å². The topological polar surface area (TPSA) is 54.5 Å². The van der Waals surface area contributed by atoms with Gasteiger partial charge in [-0.15, -0.1) is 0 Å². The Hall–Kier alpha value is -2.61. The van der Waals surface area contributed by atoms with Gasteiger partial charge in [0.05, 0.1) is 17.4 Å². The van der Waals surface area contributed by atoms with Crippen molar-refractivity contribution in [2.75, 3.05) is 10.7 Å². The van der Waals surface area contributed by atoms with Gasteiger partial charge in [-0.2, -0.15) is 13.2 Å². The van der Waals surface area contributed by atoms with Crippen LogP contribution in [0.5, 0.6) is 0 Å². The summed E-state index contributed by atoms with van der Waals surface area (Å²) in [5.74, 6) is -1.01. The zero-order valence-corrected chi connectivity index (χ0v) is 14.2. The van der Waals surface area contributed by atoms with Crippen LogP contribution in [0.25, 0.3) is 0 Å². The second-order valence-electron chi connectivity index (χ2n) is 5.81. The number of anilines is 1. The van der Waals surface area contributed by atoms with Crippen molar-refractivity contribution in [3.8, 4) is 0 Å². The molecule has 4 nitrogen and oxygen atoms in total. The predicted molar refractivity (Wildman–Crippen MR) is 91.4 cm³/mol. The van der Waals surface area contributed by atoms with Gasteiger partial charge < -0.3 is 4.90 Å².